The molecular formula is C19H14Cl2N2O4S. The summed E-state index contributed by atoms with van der Waals surface area (Å²) < 4.78 is 4.64. The van der Waals surface area contributed by atoms with Crippen molar-refractivity contribution in [2.45, 2.75) is 0 Å². The molecule has 1 N–H and O–H groups in total. The Morgan fingerprint density at radius 2 is 1.79 bits per heavy atom. The zero-order chi connectivity index (χ0) is 20.3. The maximum Gasteiger partial charge on any atom is 0.337 e. The number of rotatable bonds is 5. The molecule has 0 radical (unpaired) electrons. The summed E-state index contributed by atoms with van der Waals surface area (Å²) in [6.07, 6.45) is 1.51. The van der Waals surface area contributed by atoms with Crippen LogP contribution in [0.15, 0.2) is 47.4 Å². The number of thioether (sulfide) groups is 1. The fourth-order valence-corrected chi connectivity index (χ4v) is 3.75. The molecule has 0 aromatic heterocycles. The van der Waals surface area contributed by atoms with Crippen LogP contribution < -0.4 is 5.32 Å². The van der Waals surface area contributed by atoms with Gasteiger partial charge in [-0.1, -0.05) is 29.3 Å². The van der Waals surface area contributed by atoms with Crippen LogP contribution in [0.2, 0.25) is 10.0 Å². The topological polar surface area (TPSA) is 75.7 Å². The van der Waals surface area contributed by atoms with Crippen molar-refractivity contribution in [2.75, 3.05) is 19.1 Å². The molecule has 0 unspecified atom stereocenters. The number of nitrogens with one attached hydrogen (secondary N) is 1. The highest BCUT2D eigenvalue weighted by Crippen LogP contribution is 2.35. The first-order chi connectivity index (χ1) is 13.4. The third-order valence-corrected chi connectivity index (χ3v) is 5.46. The number of imide groups is 1. The molecule has 0 saturated carbocycles. The second-order valence-corrected chi connectivity index (χ2v) is 7.46. The van der Waals surface area contributed by atoms with Crippen LogP contribution in [0.5, 0.6) is 0 Å². The van der Waals surface area contributed by atoms with Gasteiger partial charge in [-0.15, -0.1) is 0 Å². The van der Waals surface area contributed by atoms with Crippen molar-refractivity contribution < 1.29 is 19.1 Å². The number of esters is 1. The van der Waals surface area contributed by atoms with E-state index in [4.69, 9.17) is 23.2 Å². The summed E-state index contributed by atoms with van der Waals surface area (Å²) in [7, 11) is 1.30. The number of amides is 2. The van der Waals surface area contributed by atoms with Crippen LogP contribution in [0, 0.1) is 0 Å². The molecule has 28 heavy (non-hydrogen) atoms. The number of halogens is 2. The molecule has 1 saturated heterocycles. The molecule has 144 valence electrons. The first-order valence-electron chi connectivity index (χ1n) is 8.02. The highest BCUT2D eigenvalue weighted by atomic mass is 35.5. The Hall–Kier alpha value is -2.48. The summed E-state index contributed by atoms with van der Waals surface area (Å²) in [6.45, 7) is -0.0180. The quantitative estimate of drug-likeness (QED) is 0.531. The molecule has 1 aliphatic rings. The van der Waals surface area contributed by atoms with E-state index >= 15 is 0 Å². The fourth-order valence-electron chi connectivity index (χ4n) is 2.43. The van der Waals surface area contributed by atoms with Crippen LogP contribution in [0.25, 0.3) is 6.08 Å². The number of hydrogen-bond acceptors (Lipinski definition) is 6. The highest BCUT2D eigenvalue weighted by molar-refractivity contribution is 8.18. The van der Waals surface area contributed by atoms with Crippen molar-refractivity contribution in [1.29, 1.82) is 0 Å². The van der Waals surface area contributed by atoms with Gasteiger partial charge >= 0.3 is 5.97 Å². The molecular weight excluding hydrogens is 423 g/mol. The molecule has 1 fully saturated rings. The average Bonchev–Trinajstić information content (AvgIpc) is 2.96. The Labute approximate surface area is 175 Å². The average molecular weight is 437 g/mol. The molecule has 3 rings (SSSR count). The summed E-state index contributed by atoms with van der Waals surface area (Å²) in [4.78, 5) is 37.6. The number of hydrogen-bond donors (Lipinski definition) is 1. The predicted octanol–water partition coefficient (Wildman–Crippen LogP) is 4.89. The Morgan fingerprint density at radius 3 is 2.39 bits per heavy atom. The van der Waals surface area contributed by atoms with Crippen molar-refractivity contribution >= 4 is 63.8 Å². The second kappa shape index (κ2) is 8.68. The van der Waals surface area contributed by atoms with Crippen LogP contribution in [-0.4, -0.2) is 35.8 Å². The van der Waals surface area contributed by atoms with Crippen molar-refractivity contribution in [3.63, 3.8) is 0 Å². The van der Waals surface area contributed by atoms with Gasteiger partial charge in [0.25, 0.3) is 11.1 Å². The van der Waals surface area contributed by atoms with E-state index in [0.29, 0.717) is 26.9 Å². The third kappa shape index (κ3) is 4.32. The molecule has 1 aliphatic heterocycles. The zero-order valence-corrected chi connectivity index (χ0v) is 16.9. The van der Waals surface area contributed by atoms with E-state index in [2.05, 4.69) is 10.1 Å². The van der Waals surface area contributed by atoms with Crippen LogP contribution in [0.1, 0.15) is 15.9 Å². The number of carbonyl (C=O) groups is 3. The van der Waals surface area contributed by atoms with E-state index in [1.54, 1.807) is 42.5 Å². The molecule has 0 atom stereocenters. The van der Waals surface area contributed by atoms with E-state index in [9.17, 15) is 14.4 Å². The molecule has 1 heterocycles. The zero-order valence-electron chi connectivity index (χ0n) is 14.6. The van der Waals surface area contributed by atoms with Gasteiger partial charge in [-0.05, 0) is 54.2 Å². The fraction of sp³-hybridized carbons (Fsp3) is 0.105. The maximum absolute atomic E-state index is 12.6. The molecule has 2 aromatic rings. The normalized spacial score (nSPS) is 15.2. The van der Waals surface area contributed by atoms with E-state index in [1.807, 2.05) is 0 Å². The lowest BCUT2D eigenvalue weighted by atomic mass is 10.2. The number of carbonyl (C=O) groups excluding carboxylic acids is 3. The summed E-state index contributed by atoms with van der Waals surface area (Å²) in [5, 5.41) is 3.36. The second-order valence-electron chi connectivity index (χ2n) is 5.65. The van der Waals surface area contributed by atoms with E-state index < -0.39 is 17.1 Å². The molecule has 6 nitrogen and oxygen atoms in total. The smallest absolute Gasteiger partial charge is 0.337 e. The summed E-state index contributed by atoms with van der Waals surface area (Å²) in [6, 6.07) is 11.5. The molecule has 0 bridgehead atoms. The Balaban J connectivity index is 1.70. The van der Waals surface area contributed by atoms with E-state index in [-0.39, 0.29) is 11.6 Å². The van der Waals surface area contributed by atoms with Gasteiger partial charge in [-0.3, -0.25) is 14.5 Å². The SMILES string of the molecule is COC(=O)c1ccc(NCN2C(=O)S/C(=C\c3c(Cl)cccc3Cl)C2=O)cc1. The van der Waals surface area contributed by atoms with Crippen LogP contribution in [-0.2, 0) is 9.53 Å². The Bertz CT molecular complexity index is 956. The monoisotopic (exact) mass is 436 g/mol. The number of ether oxygens (including phenoxy) is 1. The lowest BCUT2D eigenvalue weighted by Crippen LogP contribution is -2.33. The van der Waals surface area contributed by atoms with Crippen molar-refractivity contribution in [3.05, 3.63) is 68.5 Å². The van der Waals surface area contributed by atoms with Crippen molar-refractivity contribution in [1.82, 2.24) is 4.90 Å². The molecule has 2 amide bonds. The third-order valence-electron chi connectivity index (χ3n) is 3.90. The first kappa shape index (κ1) is 20.3. The van der Waals surface area contributed by atoms with E-state index in [1.165, 1.54) is 13.2 Å². The minimum absolute atomic E-state index is 0.0180. The Kier molecular flexibility index (Phi) is 6.28. The summed E-state index contributed by atoms with van der Waals surface area (Å²) >= 11 is 13.1. The lowest BCUT2D eigenvalue weighted by Gasteiger charge is -2.14. The van der Waals surface area contributed by atoms with Crippen LogP contribution >= 0.6 is 35.0 Å². The number of benzene rings is 2. The van der Waals surface area contributed by atoms with Crippen LogP contribution in [0.3, 0.4) is 0 Å². The molecule has 2 aromatic carbocycles. The molecule has 0 spiro atoms. The highest BCUT2D eigenvalue weighted by Gasteiger charge is 2.35. The molecule has 0 aliphatic carbocycles. The van der Waals surface area contributed by atoms with Crippen molar-refractivity contribution in [2.24, 2.45) is 0 Å². The Morgan fingerprint density at radius 1 is 1.14 bits per heavy atom. The maximum atomic E-state index is 12.6. The van der Waals surface area contributed by atoms with Gasteiger partial charge in [-0.2, -0.15) is 0 Å². The number of nitrogens with zero attached hydrogens (tertiary/aromatic N) is 1. The van der Waals surface area contributed by atoms with Gasteiger partial charge in [0.1, 0.15) is 0 Å². The number of anilines is 1. The van der Waals surface area contributed by atoms with Gasteiger partial charge in [0.15, 0.2) is 0 Å². The first-order valence-corrected chi connectivity index (χ1v) is 9.59. The summed E-state index contributed by atoms with van der Waals surface area (Å²) in [5.74, 6) is -0.884. The number of methoxy groups -OCH3 is 1. The standard InChI is InChI=1S/C19H14Cl2N2O4S/c1-27-18(25)11-5-7-12(8-6-11)22-10-23-17(24)16(28-19(23)26)9-13-14(20)3-2-4-15(13)21/h2-9,22H,10H2,1H3/b16-9-. The molecule has 9 heteroatoms. The lowest BCUT2D eigenvalue weighted by molar-refractivity contribution is -0.122. The van der Waals surface area contributed by atoms with E-state index in [0.717, 1.165) is 16.7 Å². The predicted molar refractivity (Wildman–Crippen MR) is 111 cm³/mol. The van der Waals surface area contributed by atoms with Gasteiger partial charge in [0, 0.05) is 21.3 Å². The van der Waals surface area contributed by atoms with Gasteiger partial charge in [0.05, 0.1) is 24.2 Å². The van der Waals surface area contributed by atoms with Gasteiger partial charge in [0.2, 0.25) is 0 Å². The van der Waals surface area contributed by atoms with Crippen LogP contribution in [0.4, 0.5) is 10.5 Å². The minimum Gasteiger partial charge on any atom is -0.465 e. The summed E-state index contributed by atoms with van der Waals surface area (Å²) in [5.41, 5.74) is 1.53. The van der Waals surface area contributed by atoms with Crippen molar-refractivity contribution in [3.8, 4) is 0 Å². The minimum atomic E-state index is -0.444. The largest absolute Gasteiger partial charge is 0.465 e. The van der Waals surface area contributed by atoms with Gasteiger partial charge in [-0.25, -0.2) is 4.79 Å². The van der Waals surface area contributed by atoms with Gasteiger partial charge < -0.3 is 10.1 Å².